The zero-order valence-electron chi connectivity index (χ0n) is 26.7. The molecule has 13 nitrogen and oxygen atoms in total. The Morgan fingerprint density at radius 2 is 1.75 bits per heavy atom. The zero-order valence-corrected chi connectivity index (χ0v) is 26.7. The second-order valence-corrected chi connectivity index (χ2v) is 12.9. The van der Waals surface area contributed by atoms with E-state index in [1.165, 1.54) is 23.7 Å². The average Bonchev–Trinajstić information content (AvgIpc) is 3.62. The molecule has 1 spiro atoms. The first-order valence-corrected chi connectivity index (χ1v) is 15.6. The molecule has 3 aliphatic heterocycles. The van der Waals surface area contributed by atoms with Crippen molar-refractivity contribution in [1.82, 2.24) is 29.0 Å². The number of ether oxygens (including phenoxy) is 2. The van der Waals surface area contributed by atoms with Gasteiger partial charge in [-0.1, -0.05) is 0 Å². The molecule has 1 aromatic carbocycles. The van der Waals surface area contributed by atoms with Gasteiger partial charge in [0.25, 0.3) is 17.9 Å². The van der Waals surface area contributed by atoms with Crippen LogP contribution < -0.4 is 30.9 Å². The quantitative estimate of drug-likeness (QED) is 0.283. The van der Waals surface area contributed by atoms with Crippen LogP contribution in [0.3, 0.4) is 0 Å². The molecule has 0 saturated carbocycles. The molecule has 48 heavy (non-hydrogen) atoms. The molecule has 6 heterocycles. The Morgan fingerprint density at radius 1 is 1.02 bits per heavy atom. The highest BCUT2D eigenvalue weighted by atomic mass is 19.3. The van der Waals surface area contributed by atoms with Gasteiger partial charge in [0.2, 0.25) is 5.91 Å². The van der Waals surface area contributed by atoms with Gasteiger partial charge >= 0.3 is 5.69 Å². The topological polar surface area (TPSA) is 132 Å². The lowest BCUT2D eigenvalue weighted by Gasteiger charge is -2.49. The van der Waals surface area contributed by atoms with Crippen molar-refractivity contribution in [3.05, 3.63) is 74.7 Å². The van der Waals surface area contributed by atoms with E-state index in [4.69, 9.17) is 9.47 Å². The first-order valence-electron chi connectivity index (χ1n) is 15.6. The van der Waals surface area contributed by atoms with Gasteiger partial charge in [0.15, 0.2) is 5.65 Å². The number of anilines is 1. The van der Waals surface area contributed by atoms with Crippen LogP contribution in [0, 0.1) is 5.41 Å². The smallest absolute Gasteiger partial charge is 0.351 e. The molecule has 1 atom stereocenters. The van der Waals surface area contributed by atoms with Crippen LogP contribution in [0.15, 0.2) is 52.3 Å². The number of rotatable bonds is 8. The van der Waals surface area contributed by atoms with Gasteiger partial charge in [-0.15, -0.1) is 5.10 Å². The van der Waals surface area contributed by atoms with Gasteiger partial charge in [-0.05, 0) is 54.8 Å². The van der Waals surface area contributed by atoms with E-state index >= 15 is 0 Å². The number of pyridine rings is 2. The number of fused-ring (bicyclic) bond motifs is 1. The number of hydrogen-bond acceptors (Lipinski definition) is 9. The minimum absolute atomic E-state index is 0.0821. The Kier molecular flexibility index (Phi) is 7.81. The number of aromatic nitrogens is 4. The molecule has 0 aliphatic carbocycles. The number of halogens is 2. The second-order valence-electron chi connectivity index (χ2n) is 12.9. The van der Waals surface area contributed by atoms with Crippen molar-refractivity contribution in [2.24, 2.45) is 12.5 Å². The zero-order chi connectivity index (χ0) is 33.9. The summed E-state index contributed by atoms with van der Waals surface area (Å²) >= 11 is 0. The molecule has 7 rings (SSSR count). The lowest BCUT2D eigenvalue weighted by molar-refractivity contribution is -0.136. The molecular weight excluding hydrogens is 628 g/mol. The molecular formula is C33H35F2N7O6. The predicted molar refractivity (Wildman–Crippen MR) is 171 cm³/mol. The van der Waals surface area contributed by atoms with Gasteiger partial charge in [0.05, 0.1) is 25.3 Å². The lowest BCUT2D eigenvalue weighted by atomic mass is 9.79. The maximum absolute atomic E-state index is 13.6. The number of alkyl halides is 2. The Balaban J connectivity index is 1.05. The molecule has 3 saturated heterocycles. The van der Waals surface area contributed by atoms with E-state index in [0.29, 0.717) is 34.8 Å². The molecule has 3 fully saturated rings. The van der Waals surface area contributed by atoms with E-state index in [0.717, 1.165) is 53.1 Å². The van der Waals surface area contributed by atoms with Gasteiger partial charge < -0.3 is 18.9 Å². The third kappa shape index (κ3) is 5.41. The number of methoxy groups -OCH3 is 2. The molecule has 3 aliphatic rings. The number of benzene rings is 1. The van der Waals surface area contributed by atoms with Crippen molar-refractivity contribution in [2.75, 3.05) is 45.3 Å². The molecule has 1 unspecified atom stereocenters. The van der Waals surface area contributed by atoms with Crippen molar-refractivity contribution in [2.45, 2.75) is 38.3 Å². The van der Waals surface area contributed by atoms with E-state index < -0.39 is 35.2 Å². The number of amides is 2. The Bertz CT molecular complexity index is 2040. The highest BCUT2D eigenvalue weighted by Gasteiger charge is 2.48. The number of likely N-dealkylation sites (tertiary alicyclic amines) is 1. The van der Waals surface area contributed by atoms with Crippen molar-refractivity contribution in [1.29, 1.82) is 0 Å². The molecule has 252 valence electrons. The summed E-state index contributed by atoms with van der Waals surface area (Å²) in [5, 5.41) is 6.71. The fourth-order valence-corrected chi connectivity index (χ4v) is 7.24. The minimum atomic E-state index is -2.90. The van der Waals surface area contributed by atoms with Crippen molar-refractivity contribution in [3.63, 3.8) is 0 Å². The van der Waals surface area contributed by atoms with E-state index in [1.807, 2.05) is 12.1 Å². The molecule has 4 aromatic rings. The van der Waals surface area contributed by atoms with Crippen LogP contribution in [0.4, 0.5) is 14.5 Å². The maximum Gasteiger partial charge on any atom is 0.351 e. The molecule has 15 heteroatoms. The Morgan fingerprint density at radius 3 is 2.42 bits per heavy atom. The summed E-state index contributed by atoms with van der Waals surface area (Å²) in [7, 11) is 4.56. The SMILES string of the molecule is COc1cc(-c2cc(C(F)F)c(=O)n(C)c2)cc(OC)c1CN1CCC2(C1)CN(c1ccn3c(=O)n(C4CCC(=O)NC4=O)nc3c1)C2. The average molecular weight is 664 g/mol. The lowest BCUT2D eigenvalue weighted by Crippen LogP contribution is -2.57. The summed E-state index contributed by atoms with van der Waals surface area (Å²) in [4.78, 5) is 53.7. The van der Waals surface area contributed by atoms with Crippen LogP contribution in [-0.4, -0.2) is 75.9 Å². The van der Waals surface area contributed by atoms with Gasteiger partial charge in [0, 0.05) is 69.2 Å². The van der Waals surface area contributed by atoms with Crippen molar-refractivity contribution in [3.8, 4) is 22.6 Å². The molecule has 0 radical (unpaired) electrons. The van der Waals surface area contributed by atoms with Gasteiger partial charge in [-0.2, -0.15) is 4.68 Å². The van der Waals surface area contributed by atoms with Crippen LogP contribution in [-0.2, 0) is 23.2 Å². The van der Waals surface area contributed by atoms with Gasteiger partial charge in [-0.25, -0.2) is 13.6 Å². The van der Waals surface area contributed by atoms with Crippen molar-refractivity contribution >= 4 is 23.1 Å². The third-order valence-corrected chi connectivity index (χ3v) is 9.74. The molecule has 2 amide bonds. The third-order valence-electron chi connectivity index (χ3n) is 9.74. The summed E-state index contributed by atoms with van der Waals surface area (Å²) in [5.74, 6) is 0.252. The Hall–Kier alpha value is -5.05. The van der Waals surface area contributed by atoms with Crippen LogP contribution in [0.5, 0.6) is 11.5 Å². The van der Waals surface area contributed by atoms with E-state index in [-0.39, 0.29) is 24.2 Å². The number of carbonyl (C=O) groups is 2. The minimum Gasteiger partial charge on any atom is -0.496 e. The van der Waals surface area contributed by atoms with Gasteiger partial charge in [-0.3, -0.25) is 29.0 Å². The number of piperidine rings is 1. The second kappa shape index (κ2) is 11.9. The van der Waals surface area contributed by atoms with E-state index in [9.17, 15) is 28.0 Å². The first kappa shape index (κ1) is 31.5. The number of imide groups is 1. The maximum atomic E-state index is 13.6. The number of hydrogen-bond donors (Lipinski definition) is 1. The number of aryl methyl sites for hydroxylation is 1. The summed E-state index contributed by atoms with van der Waals surface area (Å²) in [6.45, 7) is 3.93. The predicted octanol–water partition coefficient (Wildman–Crippen LogP) is 2.51. The monoisotopic (exact) mass is 663 g/mol. The van der Waals surface area contributed by atoms with Crippen LogP contribution in [0.2, 0.25) is 0 Å². The van der Waals surface area contributed by atoms with E-state index in [1.54, 1.807) is 32.5 Å². The summed E-state index contributed by atoms with van der Waals surface area (Å²) in [6.07, 6.45) is 1.67. The highest BCUT2D eigenvalue weighted by molar-refractivity contribution is 5.99. The number of nitrogens with zero attached hydrogens (tertiary/aromatic N) is 6. The summed E-state index contributed by atoms with van der Waals surface area (Å²) in [6, 6.07) is 7.68. The van der Waals surface area contributed by atoms with Crippen molar-refractivity contribution < 1.29 is 27.8 Å². The molecule has 3 aromatic heterocycles. The van der Waals surface area contributed by atoms with Crippen LogP contribution in [0.25, 0.3) is 16.8 Å². The highest BCUT2D eigenvalue weighted by Crippen LogP contribution is 2.44. The summed E-state index contributed by atoms with van der Waals surface area (Å²) < 4.78 is 42.3. The number of nitrogens with one attached hydrogen (secondary N) is 1. The molecule has 1 N–H and O–H groups in total. The van der Waals surface area contributed by atoms with Gasteiger partial charge in [0.1, 0.15) is 17.5 Å². The largest absolute Gasteiger partial charge is 0.496 e. The fourth-order valence-electron chi connectivity index (χ4n) is 7.24. The number of carbonyl (C=O) groups excluding carboxylic acids is 2. The van der Waals surface area contributed by atoms with Crippen LogP contribution in [0.1, 0.15) is 42.9 Å². The first-order chi connectivity index (χ1) is 23.0. The molecule has 0 bridgehead atoms. The standard InChI is InChI=1S/C33H35F2N7O6/c1-38-14-20(10-22(29(34)35)31(38)45)19-11-25(47-2)23(26(12-19)48-3)15-39-9-7-33(16-39)17-40(18-33)21-6-8-41-27(13-21)37-42(32(41)46)24-4-5-28(43)36-30(24)44/h6,8,10-14,24,29H,4-5,7,9,15-18H2,1-3H3,(H,36,43,44). The summed E-state index contributed by atoms with van der Waals surface area (Å²) in [5.41, 5.74) is 1.61. The van der Waals surface area contributed by atoms with Crippen LogP contribution >= 0.6 is 0 Å². The normalized spacial score (nSPS) is 19.3. The Labute approximate surface area is 273 Å². The fraction of sp³-hybridized carbons (Fsp3) is 0.424. The van der Waals surface area contributed by atoms with E-state index in [2.05, 4.69) is 20.2 Å².